The fraction of sp³-hybridized carbons (Fsp3) is 0.333. The van der Waals surface area contributed by atoms with Crippen LogP contribution in [0, 0.1) is 22.7 Å². The Balaban J connectivity index is 3.38. The van der Waals surface area contributed by atoms with Crippen molar-refractivity contribution in [3.05, 3.63) is 23.3 Å². The number of benzene rings is 1. The standard InChI is InChI=1S/C15H16N2O3/c1-4-19-13-8-15(20-5-2)14(18-3)7-12(13)6-11(9-16)10-17/h6-8H,4-5H2,1-3H3. The number of nitrogens with zero attached hydrogens (tertiary/aromatic N) is 2. The second-order valence-corrected chi connectivity index (χ2v) is 3.69. The van der Waals surface area contributed by atoms with Crippen LogP contribution in [0.3, 0.4) is 0 Å². The van der Waals surface area contributed by atoms with E-state index in [0.717, 1.165) is 0 Å². The van der Waals surface area contributed by atoms with E-state index in [2.05, 4.69) is 0 Å². The molecule has 1 aromatic carbocycles. The van der Waals surface area contributed by atoms with Gasteiger partial charge in [0.05, 0.1) is 20.3 Å². The normalized spacial score (nSPS) is 9.05. The van der Waals surface area contributed by atoms with Gasteiger partial charge in [0, 0.05) is 11.6 Å². The summed E-state index contributed by atoms with van der Waals surface area (Å²) in [6, 6.07) is 7.02. The lowest BCUT2D eigenvalue weighted by Crippen LogP contribution is -1.99. The summed E-state index contributed by atoms with van der Waals surface area (Å²) < 4.78 is 16.2. The number of hydrogen-bond donors (Lipinski definition) is 0. The molecule has 1 rings (SSSR count). The SMILES string of the molecule is CCOc1cc(OCC)c(OC)cc1C=C(C#N)C#N. The van der Waals surface area contributed by atoms with Crippen LogP contribution in [-0.4, -0.2) is 20.3 Å². The molecule has 0 aliphatic heterocycles. The van der Waals surface area contributed by atoms with Gasteiger partial charge in [-0.3, -0.25) is 0 Å². The Hall–Kier alpha value is -2.66. The summed E-state index contributed by atoms with van der Waals surface area (Å²) in [5.74, 6) is 1.63. The van der Waals surface area contributed by atoms with Crippen molar-refractivity contribution < 1.29 is 14.2 Å². The van der Waals surface area contributed by atoms with E-state index in [-0.39, 0.29) is 5.57 Å². The topological polar surface area (TPSA) is 75.3 Å². The molecule has 0 unspecified atom stereocenters. The van der Waals surface area contributed by atoms with Crippen molar-refractivity contribution in [2.75, 3.05) is 20.3 Å². The first-order chi connectivity index (χ1) is 9.69. The number of hydrogen-bond acceptors (Lipinski definition) is 5. The molecule has 0 aliphatic carbocycles. The van der Waals surface area contributed by atoms with Crippen LogP contribution in [0.25, 0.3) is 6.08 Å². The van der Waals surface area contributed by atoms with E-state index in [1.807, 2.05) is 26.0 Å². The van der Waals surface area contributed by atoms with Crippen LogP contribution in [0.5, 0.6) is 17.2 Å². The first-order valence-corrected chi connectivity index (χ1v) is 6.19. The van der Waals surface area contributed by atoms with E-state index in [4.69, 9.17) is 24.7 Å². The smallest absolute Gasteiger partial charge is 0.164 e. The molecule has 1 aromatic rings. The predicted octanol–water partition coefficient (Wildman–Crippen LogP) is 2.92. The predicted molar refractivity (Wildman–Crippen MR) is 74.5 cm³/mol. The molecule has 0 radical (unpaired) electrons. The van der Waals surface area contributed by atoms with Gasteiger partial charge in [-0.2, -0.15) is 10.5 Å². The number of allylic oxidation sites excluding steroid dienone is 1. The number of methoxy groups -OCH3 is 1. The molecule has 0 amide bonds. The highest BCUT2D eigenvalue weighted by molar-refractivity contribution is 5.69. The zero-order valence-corrected chi connectivity index (χ0v) is 11.8. The molecule has 0 aliphatic rings. The van der Waals surface area contributed by atoms with E-state index < -0.39 is 0 Å². The quantitative estimate of drug-likeness (QED) is 0.744. The van der Waals surface area contributed by atoms with Crippen molar-refractivity contribution in [2.45, 2.75) is 13.8 Å². The summed E-state index contributed by atoms with van der Waals surface area (Å²) in [6.07, 6.45) is 1.46. The van der Waals surface area contributed by atoms with Crippen LogP contribution in [0.15, 0.2) is 17.7 Å². The van der Waals surface area contributed by atoms with Crippen molar-refractivity contribution >= 4 is 6.08 Å². The molecule has 0 saturated carbocycles. The minimum Gasteiger partial charge on any atom is -0.493 e. The van der Waals surface area contributed by atoms with Gasteiger partial charge in [0.2, 0.25) is 0 Å². The summed E-state index contributed by atoms with van der Waals surface area (Å²) in [4.78, 5) is 0. The average molecular weight is 272 g/mol. The Labute approximate surface area is 118 Å². The van der Waals surface area contributed by atoms with Gasteiger partial charge in [-0.1, -0.05) is 0 Å². The highest BCUT2D eigenvalue weighted by atomic mass is 16.5. The van der Waals surface area contributed by atoms with Crippen molar-refractivity contribution in [1.82, 2.24) is 0 Å². The summed E-state index contributed by atoms with van der Waals surface area (Å²) in [5.41, 5.74) is 0.599. The maximum atomic E-state index is 8.84. The average Bonchev–Trinajstić information content (AvgIpc) is 2.47. The van der Waals surface area contributed by atoms with E-state index in [1.165, 1.54) is 13.2 Å². The molecule has 5 heteroatoms. The third-order valence-electron chi connectivity index (χ3n) is 2.44. The third kappa shape index (κ3) is 3.66. The molecular formula is C15H16N2O3. The Bertz CT molecular complexity index is 564. The summed E-state index contributed by atoms with van der Waals surface area (Å²) in [6.45, 7) is 4.69. The molecule has 0 aromatic heterocycles. The molecule has 0 spiro atoms. The van der Waals surface area contributed by atoms with Crippen LogP contribution >= 0.6 is 0 Å². The Morgan fingerprint density at radius 2 is 1.65 bits per heavy atom. The van der Waals surface area contributed by atoms with Gasteiger partial charge in [-0.05, 0) is 26.0 Å². The van der Waals surface area contributed by atoms with Crippen molar-refractivity contribution in [3.8, 4) is 29.4 Å². The lowest BCUT2D eigenvalue weighted by molar-refractivity contribution is 0.302. The molecule has 20 heavy (non-hydrogen) atoms. The highest BCUT2D eigenvalue weighted by Crippen LogP contribution is 2.36. The van der Waals surface area contributed by atoms with E-state index in [1.54, 1.807) is 12.1 Å². The summed E-state index contributed by atoms with van der Waals surface area (Å²) in [7, 11) is 1.53. The van der Waals surface area contributed by atoms with Gasteiger partial charge < -0.3 is 14.2 Å². The van der Waals surface area contributed by atoms with Gasteiger partial charge in [0.15, 0.2) is 11.5 Å². The minimum atomic E-state index is -0.00262. The largest absolute Gasteiger partial charge is 0.493 e. The minimum absolute atomic E-state index is 0.00262. The Kier molecular flexibility index (Phi) is 5.93. The van der Waals surface area contributed by atoms with Crippen LogP contribution in [0.4, 0.5) is 0 Å². The molecule has 0 N–H and O–H groups in total. The fourth-order valence-corrected chi connectivity index (χ4v) is 1.62. The molecule has 0 bridgehead atoms. The Morgan fingerprint density at radius 1 is 1.05 bits per heavy atom. The van der Waals surface area contributed by atoms with Crippen molar-refractivity contribution in [3.63, 3.8) is 0 Å². The van der Waals surface area contributed by atoms with Gasteiger partial charge in [-0.15, -0.1) is 0 Å². The molecule has 5 nitrogen and oxygen atoms in total. The van der Waals surface area contributed by atoms with Gasteiger partial charge in [-0.25, -0.2) is 0 Å². The maximum Gasteiger partial charge on any atom is 0.164 e. The van der Waals surface area contributed by atoms with E-state index in [9.17, 15) is 0 Å². The summed E-state index contributed by atoms with van der Waals surface area (Å²) >= 11 is 0. The third-order valence-corrected chi connectivity index (χ3v) is 2.44. The van der Waals surface area contributed by atoms with E-state index in [0.29, 0.717) is 36.0 Å². The second kappa shape index (κ2) is 7.70. The molecule has 104 valence electrons. The molecule has 0 atom stereocenters. The molecular weight excluding hydrogens is 256 g/mol. The highest BCUT2D eigenvalue weighted by Gasteiger charge is 2.12. The maximum absolute atomic E-state index is 8.84. The zero-order chi connectivity index (χ0) is 15.0. The van der Waals surface area contributed by atoms with Crippen LogP contribution in [0.2, 0.25) is 0 Å². The van der Waals surface area contributed by atoms with Crippen LogP contribution < -0.4 is 14.2 Å². The number of rotatable bonds is 6. The van der Waals surface area contributed by atoms with E-state index >= 15 is 0 Å². The molecule has 0 heterocycles. The number of ether oxygens (including phenoxy) is 3. The van der Waals surface area contributed by atoms with Gasteiger partial charge in [0.25, 0.3) is 0 Å². The lowest BCUT2D eigenvalue weighted by atomic mass is 10.1. The molecule has 0 fully saturated rings. The van der Waals surface area contributed by atoms with Gasteiger partial charge in [0.1, 0.15) is 23.5 Å². The Morgan fingerprint density at radius 3 is 2.15 bits per heavy atom. The zero-order valence-electron chi connectivity index (χ0n) is 11.8. The fourth-order valence-electron chi connectivity index (χ4n) is 1.62. The first-order valence-electron chi connectivity index (χ1n) is 6.19. The number of nitriles is 2. The monoisotopic (exact) mass is 272 g/mol. The second-order valence-electron chi connectivity index (χ2n) is 3.69. The lowest BCUT2D eigenvalue weighted by Gasteiger charge is -2.14. The molecule has 0 saturated heterocycles. The van der Waals surface area contributed by atoms with Crippen LogP contribution in [0.1, 0.15) is 19.4 Å². The van der Waals surface area contributed by atoms with Crippen LogP contribution in [-0.2, 0) is 0 Å². The van der Waals surface area contributed by atoms with Crippen molar-refractivity contribution in [1.29, 1.82) is 10.5 Å². The van der Waals surface area contributed by atoms with Gasteiger partial charge >= 0.3 is 0 Å². The summed E-state index contributed by atoms with van der Waals surface area (Å²) in [5, 5.41) is 17.7. The van der Waals surface area contributed by atoms with Crippen molar-refractivity contribution in [2.24, 2.45) is 0 Å². The first kappa shape index (κ1) is 15.4.